The molecule has 0 radical (unpaired) electrons. The molecule has 2 fully saturated rings. The fourth-order valence-electron chi connectivity index (χ4n) is 2.60. The van der Waals surface area contributed by atoms with Crippen LogP contribution in [0, 0.1) is 6.92 Å². The third-order valence-electron chi connectivity index (χ3n) is 3.84. The summed E-state index contributed by atoms with van der Waals surface area (Å²) in [6.07, 6.45) is 0.663. The number of hydrogen-bond donors (Lipinski definition) is 1. The van der Waals surface area contributed by atoms with Gasteiger partial charge in [-0.05, 0) is 24.3 Å². The van der Waals surface area contributed by atoms with Gasteiger partial charge in [-0.2, -0.15) is 0 Å². The van der Waals surface area contributed by atoms with Gasteiger partial charge in [0, 0.05) is 34.6 Å². The second-order valence-electron chi connectivity index (χ2n) is 5.53. The smallest absolute Gasteiger partial charge is 0.330 e. The molecule has 2 aliphatic heterocycles. The van der Waals surface area contributed by atoms with E-state index in [2.05, 4.69) is 15.0 Å². The maximum Gasteiger partial charge on any atom is 0.330 e. The lowest BCUT2D eigenvalue weighted by atomic mass is 10.1. The topological polar surface area (TPSA) is 122 Å². The third-order valence-corrected chi connectivity index (χ3v) is 13.7. The number of H-pyrrole nitrogens is 1. The second-order valence-corrected chi connectivity index (χ2v) is 16.3. The van der Waals surface area contributed by atoms with Crippen LogP contribution < -0.4 is 11.2 Å². The lowest BCUT2D eigenvalue weighted by Crippen LogP contribution is -2.33. The number of nitrogens with zero attached hydrogens (tertiary/aromatic N) is 4. The van der Waals surface area contributed by atoms with Crippen LogP contribution in [0.4, 0.5) is 0 Å². The summed E-state index contributed by atoms with van der Waals surface area (Å²) in [6, 6.07) is -0.465. The van der Waals surface area contributed by atoms with Gasteiger partial charge in [-0.1, -0.05) is 27.9 Å². The van der Waals surface area contributed by atoms with Crippen molar-refractivity contribution in [2.24, 2.45) is 5.11 Å². The molecular formula is C12H16N5O4PS3. The maximum absolute atomic E-state index is 12.0. The number of aryl methyl sites for hydroxylation is 1. The van der Waals surface area contributed by atoms with Crippen molar-refractivity contribution in [3.8, 4) is 0 Å². The molecule has 0 spiro atoms. The molecule has 1 aromatic rings. The predicted molar refractivity (Wildman–Crippen MR) is 103 cm³/mol. The van der Waals surface area contributed by atoms with Crippen molar-refractivity contribution in [1.29, 1.82) is 0 Å². The molecule has 136 valence electrons. The van der Waals surface area contributed by atoms with Crippen LogP contribution in [-0.2, 0) is 21.1 Å². The van der Waals surface area contributed by atoms with Crippen molar-refractivity contribution in [1.82, 2.24) is 9.55 Å². The fourth-order valence-corrected chi connectivity index (χ4v) is 11.5. The Morgan fingerprint density at radius 3 is 2.96 bits per heavy atom. The number of aromatic amines is 1. The standard InChI is InChI=1S/C12H16N5O4PS3/c1-7-5-17(12(19)14-11(7)18)10-4-8(15-16-13)9(21-10)6-20-22(23)24-2-3-25-22/h5,8-10H,2-4,6H2,1H3,(H,14,18,19)/t8-,9+,10+/m0/s1. The molecule has 1 N–H and O–H groups in total. The number of nitrogens with one attached hydrogen (secondary N) is 1. The van der Waals surface area contributed by atoms with Crippen molar-refractivity contribution in [2.45, 2.75) is 31.7 Å². The van der Waals surface area contributed by atoms with Gasteiger partial charge in [-0.25, -0.2) is 4.79 Å². The lowest BCUT2D eigenvalue weighted by Gasteiger charge is -2.20. The molecule has 0 amide bonds. The second kappa shape index (κ2) is 7.87. The Labute approximate surface area is 156 Å². The lowest BCUT2D eigenvalue weighted by molar-refractivity contribution is -0.0201. The van der Waals surface area contributed by atoms with Gasteiger partial charge in [-0.3, -0.25) is 14.3 Å². The summed E-state index contributed by atoms with van der Waals surface area (Å²) in [7, 11) is 0. The van der Waals surface area contributed by atoms with Crippen molar-refractivity contribution in [3.05, 3.63) is 43.0 Å². The number of aromatic nitrogens is 2. The molecule has 13 heteroatoms. The average molecular weight is 421 g/mol. The van der Waals surface area contributed by atoms with Crippen LogP contribution in [0.1, 0.15) is 18.2 Å². The largest absolute Gasteiger partial charge is 0.352 e. The number of ether oxygens (including phenoxy) is 1. The van der Waals surface area contributed by atoms with E-state index in [0.717, 1.165) is 11.5 Å². The van der Waals surface area contributed by atoms with E-state index in [-0.39, 0.29) is 6.61 Å². The van der Waals surface area contributed by atoms with E-state index in [1.807, 2.05) is 0 Å². The molecule has 0 aliphatic carbocycles. The molecular weight excluding hydrogens is 405 g/mol. The molecule has 2 saturated heterocycles. The summed E-state index contributed by atoms with van der Waals surface area (Å²) in [4.78, 5) is 28.7. The van der Waals surface area contributed by atoms with Crippen molar-refractivity contribution in [3.63, 3.8) is 0 Å². The number of hydrogen-bond acceptors (Lipinski definition) is 8. The van der Waals surface area contributed by atoms with Gasteiger partial charge in [-0.15, -0.1) is 0 Å². The Hall–Kier alpha value is -0.740. The van der Waals surface area contributed by atoms with Crippen molar-refractivity contribution in [2.75, 3.05) is 18.1 Å². The Morgan fingerprint density at radius 2 is 2.28 bits per heavy atom. The summed E-state index contributed by atoms with van der Waals surface area (Å²) in [5.74, 6) is 1.95. The third kappa shape index (κ3) is 4.33. The minimum Gasteiger partial charge on any atom is -0.352 e. The molecule has 9 nitrogen and oxygen atoms in total. The average Bonchev–Trinajstić information content (AvgIpc) is 3.17. The van der Waals surface area contributed by atoms with Crippen molar-refractivity contribution >= 4 is 39.2 Å². The van der Waals surface area contributed by atoms with Gasteiger partial charge in [0.25, 0.3) is 5.56 Å². The maximum atomic E-state index is 12.0. The zero-order valence-electron chi connectivity index (χ0n) is 13.2. The monoisotopic (exact) mass is 421 g/mol. The molecule has 3 rings (SSSR count). The van der Waals surface area contributed by atoms with Gasteiger partial charge < -0.3 is 9.26 Å². The van der Waals surface area contributed by atoms with Crippen LogP contribution in [0.15, 0.2) is 20.9 Å². The first-order valence-corrected chi connectivity index (χ1v) is 13.4. The SMILES string of the molecule is Cc1cn([C@H]2C[C@H](N=[N+]=[N-])[C@@H](COP3(=S)SCCS3)O2)c(=O)[nH]c1=O. The van der Waals surface area contributed by atoms with Crippen LogP contribution in [0.2, 0.25) is 0 Å². The summed E-state index contributed by atoms with van der Waals surface area (Å²) in [5.41, 5.74) is 8.20. The highest BCUT2D eigenvalue weighted by Crippen LogP contribution is 2.74. The summed E-state index contributed by atoms with van der Waals surface area (Å²) < 4.78 is 11.2. The molecule has 0 unspecified atom stereocenters. The van der Waals surface area contributed by atoms with Crippen LogP contribution in [0.3, 0.4) is 0 Å². The minimum absolute atomic E-state index is 0.217. The van der Waals surface area contributed by atoms with E-state index >= 15 is 0 Å². The van der Waals surface area contributed by atoms with Crippen LogP contribution in [0.5, 0.6) is 0 Å². The molecule has 0 aromatic carbocycles. The molecule has 25 heavy (non-hydrogen) atoms. The molecule has 3 heterocycles. The number of azide groups is 1. The van der Waals surface area contributed by atoms with E-state index in [4.69, 9.17) is 26.6 Å². The van der Waals surface area contributed by atoms with E-state index in [9.17, 15) is 9.59 Å². The van der Waals surface area contributed by atoms with Gasteiger partial charge in [0.1, 0.15) is 6.23 Å². The summed E-state index contributed by atoms with van der Waals surface area (Å²) in [6.45, 7) is 1.82. The highest BCUT2D eigenvalue weighted by molar-refractivity contribution is 9.00. The van der Waals surface area contributed by atoms with Gasteiger partial charge >= 0.3 is 5.69 Å². The molecule has 0 saturated carbocycles. The van der Waals surface area contributed by atoms with Crippen molar-refractivity contribution < 1.29 is 9.26 Å². The number of rotatable bonds is 5. The predicted octanol–water partition coefficient (Wildman–Crippen LogP) is 2.53. The van der Waals surface area contributed by atoms with Gasteiger partial charge in [0.15, 0.2) is 4.67 Å². The van der Waals surface area contributed by atoms with E-state index in [0.29, 0.717) is 12.0 Å². The van der Waals surface area contributed by atoms with E-state index in [1.54, 1.807) is 29.7 Å². The minimum atomic E-state index is -1.95. The van der Waals surface area contributed by atoms with Crippen LogP contribution in [-0.4, -0.2) is 39.8 Å². The van der Waals surface area contributed by atoms with Gasteiger partial charge in [0.05, 0.1) is 18.8 Å². The molecule has 1 aromatic heterocycles. The zero-order valence-corrected chi connectivity index (χ0v) is 16.6. The zero-order chi connectivity index (χ0) is 18.0. The van der Waals surface area contributed by atoms with Gasteiger partial charge in [0.2, 0.25) is 0 Å². The summed E-state index contributed by atoms with van der Waals surface area (Å²) in [5, 5.41) is 3.77. The van der Waals surface area contributed by atoms with Crippen LogP contribution >= 0.6 is 27.4 Å². The van der Waals surface area contributed by atoms with Crippen LogP contribution in [0.25, 0.3) is 10.4 Å². The highest BCUT2D eigenvalue weighted by Gasteiger charge is 2.38. The Bertz CT molecular complexity index is 857. The quantitative estimate of drug-likeness (QED) is 0.335. The van der Waals surface area contributed by atoms with E-state index < -0.39 is 34.3 Å². The molecule has 3 atom stereocenters. The Balaban J connectivity index is 1.77. The first-order chi connectivity index (χ1) is 11.9. The highest BCUT2D eigenvalue weighted by atomic mass is 33.2. The normalized spacial score (nSPS) is 28.0. The fraction of sp³-hybridized carbons (Fsp3) is 0.667. The molecule has 2 aliphatic rings. The Morgan fingerprint density at radius 1 is 1.56 bits per heavy atom. The molecule has 0 bridgehead atoms. The Kier molecular flexibility index (Phi) is 5.99. The first-order valence-electron chi connectivity index (χ1n) is 7.47. The summed E-state index contributed by atoms with van der Waals surface area (Å²) >= 11 is 8.86. The first kappa shape index (κ1) is 19.0. The van der Waals surface area contributed by atoms with E-state index in [1.165, 1.54) is 10.8 Å².